The van der Waals surface area contributed by atoms with Crippen molar-refractivity contribution in [3.8, 4) is 0 Å². The third-order valence-corrected chi connectivity index (χ3v) is 5.75. The number of carbonyl (C=O) groups excluding carboxylic acids is 1. The van der Waals surface area contributed by atoms with E-state index in [1.165, 1.54) is 5.56 Å². The highest BCUT2D eigenvalue weighted by Crippen LogP contribution is 2.35. The maximum Gasteiger partial charge on any atom is 0.237 e. The first-order valence-electron chi connectivity index (χ1n) is 9.15. The van der Waals surface area contributed by atoms with E-state index in [2.05, 4.69) is 32.2 Å². The van der Waals surface area contributed by atoms with Crippen molar-refractivity contribution in [1.82, 2.24) is 25.2 Å². The SMILES string of the molecule is Cc1noc(C)c1CN1C[C@@H]2C[C@@H](C(=O)NCCN(C)C)N(C)[C@@H]2C1. The molecule has 0 bridgehead atoms. The van der Waals surface area contributed by atoms with Crippen LogP contribution in [-0.2, 0) is 11.3 Å². The molecule has 0 saturated carbocycles. The predicted octanol–water partition coefficient (Wildman–Crippen LogP) is 0.474. The van der Waals surface area contributed by atoms with Gasteiger partial charge in [-0.25, -0.2) is 0 Å². The number of hydrogen-bond donors (Lipinski definition) is 1. The number of likely N-dealkylation sites (N-methyl/N-ethyl adjacent to an activating group) is 2. The maximum atomic E-state index is 12.5. The number of aromatic nitrogens is 1. The standard InChI is InChI=1S/C18H31N5O2/c1-12-15(13(2)25-20-12)10-23-9-14-8-16(22(5)17(14)11-23)18(24)19-6-7-21(3)4/h14,16-17H,6-11H2,1-5H3,(H,19,24)/t14-,16-,17+/m0/s1. The molecule has 0 unspecified atom stereocenters. The molecule has 2 aliphatic heterocycles. The number of nitrogens with zero attached hydrogens (tertiary/aromatic N) is 4. The largest absolute Gasteiger partial charge is 0.361 e. The zero-order chi connectivity index (χ0) is 18.1. The van der Waals surface area contributed by atoms with E-state index in [1.807, 2.05) is 27.9 Å². The number of hydrogen-bond acceptors (Lipinski definition) is 6. The third kappa shape index (κ3) is 3.88. The van der Waals surface area contributed by atoms with Crippen molar-refractivity contribution in [2.75, 3.05) is 47.3 Å². The van der Waals surface area contributed by atoms with Gasteiger partial charge >= 0.3 is 0 Å². The fraction of sp³-hybridized carbons (Fsp3) is 0.778. The summed E-state index contributed by atoms with van der Waals surface area (Å²) in [5.74, 6) is 1.66. The number of amides is 1. The molecule has 0 spiro atoms. The van der Waals surface area contributed by atoms with Crippen molar-refractivity contribution >= 4 is 5.91 Å². The van der Waals surface area contributed by atoms with E-state index in [-0.39, 0.29) is 11.9 Å². The molecule has 0 radical (unpaired) electrons. The Kier molecular flexibility index (Phi) is 5.46. The normalized spacial score (nSPS) is 27.2. The lowest BCUT2D eigenvalue weighted by molar-refractivity contribution is -0.125. The highest BCUT2D eigenvalue weighted by Gasteiger charge is 2.47. The van der Waals surface area contributed by atoms with Gasteiger partial charge in [-0.2, -0.15) is 0 Å². The average Bonchev–Trinajstić information content (AvgIpc) is 3.18. The van der Waals surface area contributed by atoms with Crippen LogP contribution in [0.25, 0.3) is 0 Å². The minimum Gasteiger partial charge on any atom is -0.361 e. The zero-order valence-electron chi connectivity index (χ0n) is 16.1. The molecule has 2 fully saturated rings. The molecular weight excluding hydrogens is 318 g/mol. The first-order valence-corrected chi connectivity index (χ1v) is 9.15. The van der Waals surface area contributed by atoms with Gasteiger partial charge in [0.05, 0.1) is 11.7 Å². The van der Waals surface area contributed by atoms with Gasteiger partial charge in [0.1, 0.15) is 5.76 Å². The number of carbonyl (C=O) groups is 1. The Morgan fingerprint density at radius 3 is 2.72 bits per heavy atom. The van der Waals surface area contributed by atoms with E-state index in [4.69, 9.17) is 4.52 Å². The third-order valence-electron chi connectivity index (χ3n) is 5.75. The van der Waals surface area contributed by atoms with Gasteiger partial charge in [-0.05, 0) is 47.3 Å². The van der Waals surface area contributed by atoms with Crippen LogP contribution in [-0.4, -0.2) is 85.2 Å². The molecule has 0 aromatic carbocycles. The lowest BCUT2D eigenvalue weighted by atomic mass is 10.0. The fourth-order valence-corrected chi connectivity index (χ4v) is 4.21. The molecule has 2 aliphatic rings. The van der Waals surface area contributed by atoms with Crippen molar-refractivity contribution in [1.29, 1.82) is 0 Å². The second kappa shape index (κ2) is 7.43. The second-order valence-corrected chi connectivity index (χ2v) is 7.84. The first kappa shape index (κ1) is 18.4. The smallest absolute Gasteiger partial charge is 0.237 e. The van der Waals surface area contributed by atoms with Crippen LogP contribution in [0, 0.1) is 19.8 Å². The van der Waals surface area contributed by atoms with E-state index in [0.717, 1.165) is 44.1 Å². The van der Waals surface area contributed by atoms with Crippen LogP contribution in [0.2, 0.25) is 0 Å². The highest BCUT2D eigenvalue weighted by molar-refractivity contribution is 5.82. The Bertz CT molecular complexity index is 595. The van der Waals surface area contributed by atoms with Crippen LogP contribution in [0.15, 0.2) is 4.52 Å². The van der Waals surface area contributed by atoms with Crippen LogP contribution >= 0.6 is 0 Å². The van der Waals surface area contributed by atoms with Crippen molar-refractivity contribution in [3.63, 3.8) is 0 Å². The van der Waals surface area contributed by atoms with E-state index >= 15 is 0 Å². The summed E-state index contributed by atoms with van der Waals surface area (Å²) in [7, 11) is 6.14. The summed E-state index contributed by atoms with van der Waals surface area (Å²) in [5, 5.41) is 7.13. The lowest BCUT2D eigenvalue weighted by Crippen LogP contribution is -2.46. The van der Waals surface area contributed by atoms with Crippen molar-refractivity contribution in [2.45, 2.75) is 38.9 Å². The summed E-state index contributed by atoms with van der Waals surface area (Å²) in [5.41, 5.74) is 2.20. The topological polar surface area (TPSA) is 64.9 Å². The molecular formula is C18H31N5O2. The van der Waals surface area contributed by atoms with Crippen molar-refractivity contribution in [2.24, 2.45) is 5.92 Å². The van der Waals surface area contributed by atoms with Gasteiger partial charge in [-0.15, -0.1) is 0 Å². The average molecular weight is 349 g/mol. The summed E-state index contributed by atoms with van der Waals surface area (Å²) in [6, 6.07) is 0.475. The van der Waals surface area contributed by atoms with Crippen LogP contribution in [0.5, 0.6) is 0 Å². The minimum absolute atomic E-state index is 0.0124. The van der Waals surface area contributed by atoms with Crippen LogP contribution in [0.3, 0.4) is 0 Å². The Hall–Kier alpha value is -1.44. The Balaban J connectivity index is 1.53. The van der Waals surface area contributed by atoms with Gasteiger partial charge in [0, 0.05) is 44.3 Å². The van der Waals surface area contributed by atoms with Crippen LogP contribution < -0.4 is 5.32 Å². The molecule has 1 amide bonds. The summed E-state index contributed by atoms with van der Waals surface area (Å²) < 4.78 is 5.28. The number of rotatable bonds is 6. The second-order valence-electron chi connectivity index (χ2n) is 7.84. The van der Waals surface area contributed by atoms with Gasteiger partial charge in [0.25, 0.3) is 0 Å². The summed E-state index contributed by atoms with van der Waals surface area (Å²) in [6.07, 6.45) is 0.951. The van der Waals surface area contributed by atoms with E-state index in [0.29, 0.717) is 18.5 Å². The number of nitrogens with one attached hydrogen (secondary N) is 1. The molecule has 1 aromatic heterocycles. The number of likely N-dealkylation sites (tertiary alicyclic amines) is 2. The van der Waals surface area contributed by atoms with Crippen LogP contribution in [0.1, 0.15) is 23.4 Å². The quantitative estimate of drug-likeness (QED) is 0.806. The predicted molar refractivity (Wildman–Crippen MR) is 96.3 cm³/mol. The molecule has 3 rings (SSSR count). The molecule has 7 nitrogen and oxygen atoms in total. The molecule has 3 atom stereocenters. The molecule has 140 valence electrons. The molecule has 7 heteroatoms. The summed E-state index contributed by atoms with van der Waals surface area (Å²) >= 11 is 0. The van der Waals surface area contributed by atoms with Gasteiger partial charge in [-0.3, -0.25) is 14.6 Å². The molecule has 3 heterocycles. The lowest BCUT2D eigenvalue weighted by Gasteiger charge is -2.26. The molecule has 25 heavy (non-hydrogen) atoms. The number of aryl methyl sites for hydroxylation is 2. The Morgan fingerprint density at radius 2 is 2.12 bits per heavy atom. The number of fused-ring (bicyclic) bond motifs is 1. The van der Waals surface area contributed by atoms with Crippen molar-refractivity contribution in [3.05, 3.63) is 17.0 Å². The monoisotopic (exact) mass is 349 g/mol. The van der Waals surface area contributed by atoms with Crippen molar-refractivity contribution < 1.29 is 9.32 Å². The first-order chi connectivity index (χ1) is 11.9. The maximum absolute atomic E-state index is 12.5. The van der Waals surface area contributed by atoms with Gasteiger partial charge in [0.2, 0.25) is 5.91 Å². The Labute approximate surface area is 150 Å². The Morgan fingerprint density at radius 1 is 1.36 bits per heavy atom. The fourth-order valence-electron chi connectivity index (χ4n) is 4.21. The molecule has 0 aliphatic carbocycles. The highest BCUT2D eigenvalue weighted by atomic mass is 16.5. The molecule has 1 N–H and O–H groups in total. The molecule has 1 aromatic rings. The van der Waals surface area contributed by atoms with E-state index < -0.39 is 0 Å². The van der Waals surface area contributed by atoms with Gasteiger partial charge in [0.15, 0.2) is 0 Å². The van der Waals surface area contributed by atoms with Gasteiger partial charge < -0.3 is 14.7 Å². The molecule has 2 saturated heterocycles. The summed E-state index contributed by atoms with van der Waals surface area (Å²) in [6.45, 7) is 8.51. The minimum atomic E-state index is 0.0124. The van der Waals surface area contributed by atoms with Gasteiger partial charge in [-0.1, -0.05) is 5.16 Å². The van der Waals surface area contributed by atoms with E-state index in [1.54, 1.807) is 0 Å². The van der Waals surface area contributed by atoms with Crippen LogP contribution in [0.4, 0.5) is 0 Å². The van der Waals surface area contributed by atoms with E-state index in [9.17, 15) is 4.79 Å². The summed E-state index contributed by atoms with van der Waals surface area (Å²) in [4.78, 5) is 19.3. The zero-order valence-corrected chi connectivity index (χ0v) is 16.1.